The summed E-state index contributed by atoms with van der Waals surface area (Å²) < 4.78 is 21.5. The molecule has 0 spiro atoms. The van der Waals surface area contributed by atoms with E-state index in [2.05, 4.69) is 5.32 Å². The van der Waals surface area contributed by atoms with Crippen LogP contribution in [0.25, 0.3) is 22.2 Å². The van der Waals surface area contributed by atoms with Crippen LogP contribution in [0.4, 0.5) is 4.39 Å². The second-order valence-electron chi connectivity index (χ2n) is 9.49. The van der Waals surface area contributed by atoms with Crippen molar-refractivity contribution in [1.29, 1.82) is 0 Å². The number of carbonyl (C=O) groups excluding carboxylic acids is 2. The van der Waals surface area contributed by atoms with E-state index in [1.165, 1.54) is 12.1 Å². The molecule has 0 atom stereocenters. The first-order chi connectivity index (χ1) is 17.7. The van der Waals surface area contributed by atoms with Crippen LogP contribution in [0.1, 0.15) is 29.9 Å². The molecule has 7 nitrogen and oxygen atoms in total. The van der Waals surface area contributed by atoms with Crippen molar-refractivity contribution in [3.63, 3.8) is 0 Å². The Morgan fingerprint density at radius 3 is 2.62 bits per heavy atom. The molecular formula is C28H26ClFN4O3. The maximum Gasteiger partial charge on any atom is 0.273 e. The third kappa shape index (κ3) is 4.53. The van der Waals surface area contributed by atoms with Crippen molar-refractivity contribution >= 4 is 34.4 Å². The van der Waals surface area contributed by atoms with Crippen molar-refractivity contribution < 1.29 is 18.7 Å². The first kappa shape index (κ1) is 24.8. The van der Waals surface area contributed by atoms with Crippen LogP contribution in [0, 0.1) is 5.82 Å². The monoisotopic (exact) mass is 520 g/mol. The Hall–Kier alpha value is -3.91. The van der Waals surface area contributed by atoms with Crippen LogP contribution in [0.2, 0.25) is 5.02 Å². The number of benzene rings is 2. The summed E-state index contributed by atoms with van der Waals surface area (Å²) >= 11 is 5.91. The Balaban J connectivity index is 1.61. The normalized spacial score (nSPS) is 15.1. The van der Waals surface area contributed by atoms with E-state index in [1.807, 2.05) is 41.1 Å². The molecule has 0 bridgehead atoms. The molecule has 0 radical (unpaired) electrons. The highest BCUT2D eigenvalue weighted by atomic mass is 35.5. The Kier molecular flexibility index (Phi) is 6.37. The van der Waals surface area contributed by atoms with E-state index in [1.54, 1.807) is 38.0 Å². The zero-order valence-corrected chi connectivity index (χ0v) is 21.5. The van der Waals surface area contributed by atoms with Gasteiger partial charge in [-0.1, -0.05) is 29.8 Å². The van der Waals surface area contributed by atoms with Crippen LogP contribution in [-0.2, 0) is 11.3 Å². The topological polar surface area (TPSA) is 76.5 Å². The molecule has 0 aliphatic carbocycles. The molecule has 1 saturated heterocycles. The van der Waals surface area contributed by atoms with E-state index in [4.69, 9.17) is 21.3 Å². The minimum absolute atomic E-state index is 0.0462. The molecule has 1 aliphatic heterocycles. The molecule has 37 heavy (non-hydrogen) atoms. The Morgan fingerprint density at radius 1 is 1.16 bits per heavy atom. The quantitative estimate of drug-likeness (QED) is 0.406. The van der Waals surface area contributed by atoms with Gasteiger partial charge < -0.3 is 19.5 Å². The van der Waals surface area contributed by atoms with Gasteiger partial charge in [-0.05, 0) is 61.4 Å². The number of hydrogen-bond donors (Lipinski definition) is 1. The molecule has 2 aromatic heterocycles. The molecule has 190 valence electrons. The maximum atomic E-state index is 14.3. The second kappa shape index (κ2) is 9.52. The molecule has 9 heteroatoms. The number of nitrogens with one attached hydrogen (secondary N) is 1. The summed E-state index contributed by atoms with van der Waals surface area (Å²) in [6.07, 6.45) is 1.90. The molecule has 2 aromatic carbocycles. The molecule has 1 aliphatic rings. The largest absolute Gasteiger partial charge is 0.497 e. The van der Waals surface area contributed by atoms with Gasteiger partial charge in [0.1, 0.15) is 28.4 Å². The van der Waals surface area contributed by atoms with Crippen molar-refractivity contribution in [2.45, 2.75) is 25.9 Å². The molecule has 1 N–H and O–H groups in total. The number of fused-ring (bicyclic) bond motifs is 1. The summed E-state index contributed by atoms with van der Waals surface area (Å²) in [6.45, 7) is 4.68. The van der Waals surface area contributed by atoms with E-state index in [0.717, 1.165) is 22.3 Å². The molecule has 0 saturated carbocycles. The van der Waals surface area contributed by atoms with E-state index in [9.17, 15) is 14.0 Å². The van der Waals surface area contributed by atoms with Crippen molar-refractivity contribution in [3.8, 4) is 16.9 Å². The number of aromatic nitrogens is 2. The van der Waals surface area contributed by atoms with Gasteiger partial charge in [0.05, 0.1) is 12.1 Å². The van der Waals surface area contributed by atoms with Gasteiger partial charge in [0, 0.05) is 36.8 Å². The molecule has 4 aromatic rings. The molecule has 0 unspecified atom stereocenters. The maximum absolute atomic E-state index is 14.3. The van der Waals surface area contributed by atoms with Crippen LogP contribution in [-0.4, -0.2) is 52.0 Å². The highest BCUT2D eigenvalue weighted by molar-refractivity contribution is 6.30. The second-order valence-corrected chi connectivity index (χ2v) is 9.89. The standard InChI is InChI=1S/C28H26ClFN4O3/c1-28(2)27(36)31-12-13-34(28)26(35)24-11-9-20-21(18-6-10-22(29)23(30)14-18)16-33(25(20)32-24)15-17-4-7-19(37-3)8-5-17/h4-11,14,16H,12-13,15H2,1-3H3,(H,31,36). The summed E-state index contributed by atoms with van der Waals surface area (Å²) in [6, 6.07) is 15.8. The number of rotatable bonds is 5. The smallest absolute Gasteiger partial charge is 0.273 e. The van der Waals surface area contributed by atoms with E-state index < -0.39 is 11.4 Å². The highest BCUT2D eigenvalue weighted by Gasteiger charge is 2.41. The minimum atomic E-state index is -0.997. The van der Waals surface area contributed by atoms with Crippen LogP contribution in [0.5, 0.6) is 5.75 Å². The predicted octanol–water partition coefficient (Wildman–Crippen LogP) is 4.90. The number of ether oxygens (including phenoxy) is 1. The summed E-state index contributed by atoms with van der Waals surface area (Å²) in [5.74, 6) is -0.292. The van der Waals surface area contributed by atoms with Gasteiger partial charge in [0.15, 0.2) is 0 Å². The number of halogens is 2. The van der Waals surface area contributed by atoms with Gasteiger partial charge in [-0.25, -0.2) is 9.37 Å². The lowest BCUT2D eigenvalue weighted by atomic mass is 9.98. The lowest BCUT2D eigenvalue weighted by Gasteiger charge is -2.40. The third-order valence-electron chi connectivity index (χ3n) is 6.78. The van der Waals surface area contributed by atoms with Gasteiger partial charge in [-0.2, -0.15) is 0 Å². The van der Waals surface area contributed by atoms with Gasteiger partial charge in [0.25, 0.3) is 5.91 Å². The molecular weight excluding hydrogens is 495 g/mol. The Morgan fingerprint density at radius 2 is 1.92 bits per heavy atom. The van der Waals surface area contributed by atoms with Crippen molar-refractivity contribution in [2.75, 3.05) is 20.2 Å². The molecule has 1 fully saturated rings. The van der Waals surface area contributed by atoms with Gasteiger partial charge >= 0.3 is 0 Å². The summed E-state index contributed by atoms with van der Waals surface area (Å²) in [5.41, 5.74) is 2.23. The number of amides is 2. The summed E-state index contributed by atoms with van der Waals surface area (Å²) in [7, 11) is 1.61. The van der Waals surface area contributed by atoms with Crippen molar-refractivity contribution in [1.82, 2.24) is 19.8 Å². The minimum Gasteiger partial charge on any atom is -0.497 e. The van der Waals surface area contributed by atoms with Crippen LogP contribution >= 0.6 is 11.6 Å². The molecule has 3 heterocycles. The number of methoxy groups -OCH3 is 1. The van der Waals surface area contributed by atoms with E-state index >= 15 is 0 Å². The number of hydrogen-bond acceptors (Lipinski definition) is 4. The van der Waals surface area contributed by atoms with E-state index in [0.29, 0.717) is 30.8 Å². The average molecular weight is 521 g/mol. The fraction of sp³-hybridized carbons (Fsp3) is 0.250. The SMILES string of the molecule is COc1ccc(Cn2cc(-c3ccc(Cl)c(F)c3)c3ccc(C(=O)N4CCNC(=O)C4(C)C)nc32)cc1. The lowest BCUT2D eigenvalue weighted by Crippen LogP contribution is -2.63. The van der Waals surface area contributed by atoms with Crippen LogP contribution in [0.15, 0.2) is 60.8 Å². The van der Waals surface area contributed by atoms with Crippen molar-refractivity contribution in [3.05, 3.63) is 82.9 Å². The first-order valence-corrected chi connectivity index (χ1v) is 12.3. The Bertz CT molecular complexity index is 1510. The first-order valence-electron chi connectivity index (χ1n) is 11.9. The number of carbonyl (C=O) groups is 2. The lowest BCUT2D eigenvalue weighted by molar-refractivity contribution is -0.133. The fourth-order valence-electron chi connectivity index (χ4n) is 4.62. The third-order valence-corrected chi connectivity index (χ3v) is 7.09. The molecule has 5 rings (SSSR count). The zero-order valence-electron chi connectivity index (χ0n) is 20.7. The fourth-order valence-corrected chi connectivity index (χ4v) is 4.74. The van der Waals surface area contributed by atoms with Crippen molar-refractivity contribution in [2.24, 2.45) is 0 Å². The average Bonchev–Trinajstić information content (AvgIpc) is 3.25. The van der Waals surface area contributed by atoms with E-state index in [-0.39, 0.29) is 22.5 Å². The predicted molar refractivity (Wildman–Crippen MR) is 140 cm³/mol. The summed E-state index contributed by atoms with van der Waals surface area (Å²) in [4.78, 5) is 32.2. The zero-order chi connectivity index (χ0) is 26.3. The number of piperazine rings is 1. The van der Waals surface area contributed by atoms with Gasteiger partial charge in [-0.15, -0.1) is 0 Å². The molecule has 2 amide bonds. The number of pyridine rings is 1. The van der Waals surface area contributed by atoms with Gasteiger partial charge in [0.2, 0.25) is 5.91 Å². The number of nitrogens with zero attached hydrogens (tertiary/aromatic N) is 3. The van der Waals surface area contributed by atoms with Gasteiger partial charge in [-0.3, -0.25) is 9.59 Å². The summed E-state index contributed by atoms with van der Waals surface area (Å²) in [5, 5.41) is 3.62. The van der Waals surface area contributed by atoms with Crippen LogP contribution in [0.3, 0.4) is 0 Å². The van der Waals surface area contributed by atoms with Crippen LogP contribution < -0.4 is 10.1 Å². The highest BCUT2D eigenvalue weighted by Crippen LogP contribution is 2.33. The Labute approximate surface area is 218 Å².